The average Bonchev–Trinajstić information content (AvgIpc) is 1.90. The number of alkyl halides is 1. The summed E-state index contributed by atoms with van der Waals surface area (Å²) >= 11 is 5.77. The normalized spacial score (nSPS) is 22.1. The Morgan fingerprint density at radius 1 is 1.44 bits per heavy atom. The molecule has 0 unspecified atom stereocenters. The van der Waals surface area contributed by atoms with E-state index >= 15 is 0 Å². The van der Waals surface area contributed by atoms with E-state index in [0.29, 0.717) is 0 Å². The molecule has 0 amide bonds. The Morgan fingerprint density at radius 2 is 2.00 bits per heavy atom. The number of nitrogens with zero attached hydrogens (tertiary/aromatic N) is 2. The van der Waals surface area contributed by atoms with Gasteiger partial charge in [-0.25, -0.2) is 0 Å². The van der Waals surface area contributed by atoms with Crippen molar-refractivity contribution in [1.82, 2.24) is 5.01 Å². The van der Waals surface area contributed by atoms with Crippen molar-refractivity contribution in [2.75, 3.05) is 13.1 Å². The van der Waals surface area contributed by atoms with E-state index < -0.39 is 0 Å². The first-order valence-electron chi connectivity index (χ1n) is 3.05. The number of hydrogen-bond acceptors (Lipinski definition) is 2. The minimum Gasteiger partial charge on any atom is -0.261 e. The first-order valence-corrected chi connectivity index (χ1v) is 3.49. The second-order valence-electron chi connectivity index (χ2n) is 2.21. The van der Waals surface area contributed by atoms with Crippen LogP contribution in [0.1, 0.15) is 12.8 Å². The molecule has 1 fully saturated rings. The van der Waals surface area contributed by atoms with Crippen molar-refractivity contribution in [2.24, 2.45) is 5.29 Å². The predicted octanol–water partition coefficient (Wildman–Crippen LogP) is 1.37. The number of nitroso groups, excluding NO2 is 1. The zero-order valence-corrected chi connectivity index (χ0v) is 5.84. The second kappa shape index (κ2) is 3.01. The van der Waals surface area contributed by atoms with E-state index in [1.165, 1.54) is 5.01 Å². The molecule has 0 aromatic carbocycles. The molecule has 0 aromatic rings. The van der Waals surface area contributed by atoms with Crippen molar-refractivity contribution in [1.29, 1.82) is 0 Å². The fraction of sp³-hybridized carbons (Fsp3) is 1.00. The van der Waals surface area contributed by atoms with Gasteiger partial charge in [-0.05, 0) is 12.8 Å². The standard InChI is InChI=1S/C5H9ClN2O/c6-5-1-3-8(7-9)4-2-5/h5H,1-4H2. The first-order chi connectivity index (χ1) is 4.33. The Balaban J connectivity index is 2.26. The summed E-state index contributed by atoms with van der Waals surface area (Å²) in [5.74, 6) is 0. The van der Waals surface area contributed by atoms with Crippen molar-refractivity contribution in [3.8, 4) is 0 Å². The summed E-state index contributed by atoms with van der Waals surface area (Å²) in [5, 5.41) is 4.57. The quantitative estimate of drug-likeness (QED) is 0.416. The maximum Gasteiger partial charge on any atom is 0.0523 e. The lowest BCUT2D eigenvalue weighted by atomic mass is 10.1. The van der Waals surface area contributed by atoms with Gasteiger partial charge in [0.2, 0.25) is 0 Å². The highest BCUT2D eigenvalue weighted by molar-refractivity contribution is 6.20. The van der Waals surface area contributed by atoms with Crippen LogP contribution in [0.15, 0.2) is 5.29 Å². The molecule has 1 aliphatic heterocycles. The lowest BCUT2D eigenvalue weighted by Crippen LogP contribution is -2.29. The molecule has 0 saturated carbocycles. The van der Waals surface area contributed by atoms with Crippen LogP contribution in [0.5, 0.6) is 0 Å². The fourth-order valence-electron chi connectivity index (χ4n) is 0.916. The third kappa shape index (κ3) is 1.82. The third-order valence-corrected chi connectivity index (χ3v) is 1.95. The number of hydrogen-bond donors (Lipinski definition) is 0. The summed E-state index contributed by atoms with van der Waals surface area (Å²) in [5.41, 5.74) is 0. The van der Waals surface area contributed by atoms with Gasteiger partial charge in [0.1, 0.15) is 0 Å². The molecule has 0 aromatic heterocycles. The predicted molar refractivity (Wildman–Crippen MR) is 36.2 cm³/mol. The summed E-state index contributed by atoms with van der Waals surface area (Å²) in [6.45, 7) is 1.44. The molecule has 4 heteroatoms. The average molecular weight is 149 g/mol. The van der Waals surface area contributed by atoms with Crippen LogP contribution in [0.4, 0.5) is 0 Å². The third-order valence-electron chi connectivity index (χ3n) is 1.52. The Bertz CT molecular complexity index is 101. The summed E-state index contributed by atoms with van der Waals surface area (Å²) in [7, 11) is 0. The molecular weight excluding hydrogens is 140 g/mol. The van der Waals surface area contributed by atoms with Crippen LogP contribution in [0.3, 0.4) is 0 Å². The molecule has 0 radical (unpaired) electrons. The number of halogens is 1. The Labute approximate surface area is 58.9 Å². The van der Waals surface area contributed by atoms with E-state index in [0.717, 1.165) is 25.9 Å². The van der Waals surface area contributed by atoms with Crippen LogP contribution in [0.25, 0.3) is 0 Å². The van der Waals surface area contributed by atoms with Crippen LogP contribution in [0, 0.1) is 4.91 Å². The first kappa shape index (κ1) is 6.81. The van der Waals surface area contributed by atoms with Gasteiger partial charge in [0.05, 0.1) is 5.29 Å². The second-order valence-corrected chi connectivity index (χ2v) is 2.83. The van der Waals surface area contributed by atoms with E-state index in [2.05, 4.69) is 5.29 Å². The van der Waals surface area contributed by atoms with Gasteiger partial charge in [0.25, 0.3) is 0 Å². The zero-order valence-electron chi connectivity index (χ0n) is 5.09. The minimum atomic E-state index is 0.253. The molecule has 1 rings (SSSR count). The van der Waals surface area contributed by atoms with Crippen LogP contribution in [-0.4, -0.2) is 23.5 Å². The van der Waals surface area contributed by atoms with E-state index in [9.17, 15) is 4.91 Å². The maximum absolute atomic E-state index is 9.90. The van der Waals surface area contributed by atoms with Crippen molar-refractivity contribution >= 4 is 11.6 Å². The number of rotatable bonds is 1. The molecule has 52 valence electrons. The molecule has 9 heavy (non-hydrogen) atoms. The lowest BCUT2D eigenvalue weighted by Gasteiger charge is -2.23. The number of piperidine rings is 1. The van der Waals surface area contributed by atoms with E-state index in [4.69, 9.17) is 11.6 Å². The van der Waals surface area contributed by atoms with Gasteiger partial charge in [-0.3, -0.25) is 5.01 Å². The van der Waals surface area contributed by atoms with Crippen molar-refractivity contribution in [3.05, 3.63) is 4.91 Å². The van der Waals surface area contributed by atoms with Gasteiger partial charge in [0.15, 0.2) is 0 Å². The Hall–Kier alpha value is -0.310. The summed E-state index contributed by atoms with van der Waals surface area (Å²) in [6.07, 6.45) is 1.76. The van der Waals surface area contributed by atoms with E-state index in [1.54, 1.807) is 0 Å². The van der Waals surface area contributed by atoms with Gasteiger partial charge in [0, 0.05) is 18.5 Å². The molecule has 0 spiro atoms. The smallest absolute Gasteiger partial charge is 0.0523 e. The molecule has 3 nitrogen and oxygen atoms in total. The highest BCUT2D eigenvalue weighted by atomic mass is 35.5. The largest absolute Gasteiger partial charge is 0.261 e. The molecule has 0 N–H and O–H groups in total. The highest BCUT2D eigenvalue weighted by Crippen LogP contribution is 2.14. The molecule has 1 saturated heterocycles. The molecular formula is C5H9ClN2O. The lowest BCUT2D eigenvalue weighted by molar-refractivity contribution is 0.238. The van der Waals surface area contributed by atoms with E-state index in [-0.39, 0.29) is 5.38 Å². The van der Waals surface area contributed by atoms with Gasteiger partial charge < -0.3 is 0 Å². The van der Waals surface area contributed by atoms with Crippen molar-refractivity contribution in [2.45, 2.75) is 18.2 Å². The van der Waals surface area contributed by atoms with Crippen LogP contribution < -0.4 is 0 Å². The molecule has 0 aliphatic carbocycles. The summed E-state index contributed by atoms with van der Waals surface area (Å²) < 4.78 is 0. The zero-order chi connectivity index (χ0) is 6.69. The molecule has 0 bridgehead atoms. The molecule has 0 atom stereocenters. The van der Waals surface area contributed by atoms with Crippen LogP contribution >= 0.6 is 11.6 Å². The fourth-order valence-corrected chi connectivity index (χ4v) is 1.11. The van der Waals surface area contributed by atoms with Gasteiger partial charge >= 0.3 is 0 Å². The Morgan fingerprint density at radius 3 is 2.44 bits per heavy atom. The van der Waals surface area contributed by atoms with Gasteiger partial charge in [-0.1, -0.05) is 0 Å². The monoisotopic (exact) mass is 148 g/mol. The SMILES string of the molecule is O=NN1CCC(Cl)CC1. The highest BCUT2D eigenvalue weighted by Gasteiger charge is 2.15. The van der Waals surface area contributed by atoms with E-state index in [1.807, 2.05) is 0 Å². The van der Waals surface area contributed by atoms with Gasteiger partial charge in [-0.2, -0.15) is 0 Å². The minimum absolute atomic E-state index is 0.253. The summed E-state index contributed by atoms with van der Waals surface area (Å²) in [4.78, 5) is 9.90. The van der Waals surface area contributed by atoms with Crippen molar-refractivity contribution in [3.63, 3.8) is 0 Å². The topological polar surface area (TPSA) is 32.7 Å². The van der Waals surface area contributed by atoms with Crippen molar-refractivity contribution < 1.29 is 0 Å². The Kier molecular flexibility index (Phi) is 2.28. The maximum atomic E-state index is 9.90. The van der Waals surface area contributed by atoms with Crippen LogP contribution in [-0.2, 0) is 0 Å². The van der Waals surface area contributed by atoms with Gasteiger partial charge in [-0.15, -0.1) is 16.5 Å². The molecule has 1 heterocycles. The summed E-state index contributed by atoms with van der Waals surface area (Å²) in [6, 6.07) is 0. The molecule has 1 aliphatic rings. The van der Waals surface area contributed by atoms with Crippen LogP contribution in [0.2, 0.25) is 0 Å².